The third-order valence-electron chi connectivity index (χ3n) is 4.94. The Bertz CT molecular complexity index is 985. The van der Waals surface area contributed by atoms with Crippen molar-refractivity contribution >= 4 is 39.8 Å². The predicted molar refractivity (Wildman–Crippen MR) is 127 cm³/mol. The first-order chi connectivity index (χ1) is 13.9. The highest BCUT2D eigenvalue weighted by atomic mass is 127. The highest BCUT2D eigenvalue weighted by molar-refractivity contribution is 14.0. The summed E-state index contributed by atoms with van der Waals surface area (Å²) in [7, 11) is -2.06. The Labute approximate surface area is 194 Å². The first-order valence-electron chi connectivity index (χ1n) is 9.52. The van der Waals surface area contributed by atoms with Crippen molar-refractivity contribution in [1.29, 1.82) is 0 Å². The van der Waals surface area contributed by atoms with Crippen molar-refractivity contribution in [3.05, 3.63) is 65.5 Å². The first-order valence-corrected chi connectivity index (χ1v) is 11.2. The molecule has 0 bridgehead atoms. The quantitative estimate of drug-likeness (QED) is 0.354. The van der Waals surface area contributed by atoms with Gasteiger partial charge < -0.3 is 15.0 Å². The van der Waals surface area contributed by atoms with Crippen molar-refractivity contribution in [3.8, 4) is 0 Å². The Morgan fingerprint density at radius 3 is 2.63 bits per heavy atom. The summed E-state index contributed by atoms with van der Waals surface area (Å²) in [5.41, 5.74) is 2.30. The number of sulfone groups is 1. The maximum absolute atomic E-state index is 13.8. The molecule has 0 radical (unpaired) electrons. The summed E-state index contributed by atoms with van der Waals surface area (Å²) in [5, 5.41) is 3.09. The molecule has 30 heavy (non-hydrogen) atoms. The number of hydrogen-bond acceptors (Lipinski definition) is 4. The number of aryl methyl sites for hydroxylation is 1. The molecule has 1 N–H and O–H groups in total. The number of ether oxygens (including phenoxy) is 1. The van der Waals surface area contributed by atoms with E-state index in [-0.39, 0.29) is 47.3 Å². The fourth-order valence-electron chi connectivity index (χ4n) is 3.41. The van der Waals surface area contributed by atoms with Crippen LogP contribution in [0.1, 0.15) is 17.2 Å². The number of nitrogens with one attached hydrogen (secondary N) is 1. The third-order valence-corrected chi connectivity index (χ3v) is 6.68. The van der Waals surface area contributed by atoms with Gasteiger partial charge in [-0.25, -0.2) is 12.8 Å². The van der Waals surface area contributed by atoms with Crippen LogP contribution in [0.4, 0.5) is 4.39 Å². The summed E-state index contributed by atoms with van der Waals surface area (Å²) in [6, 6.07) is 13.5. The van der Waals surface area contributed by atoms with Gasteiger partial charge in [-0.05, 0) is 30.2 Å². The van der Waals surface area contributed by atoms with Crippen molar-refractivity contribution in [3.63, 3.8) is 0 Å². The SMILES string of the molecule is CN=C(NCCS(=O)(=O)c1ccccc1F)N1CCOC(c2ccccc2C)C1.I. The van der Waals surface area contributed by atoms with Gasteiger partial charge in [0.2, 0.25) is 0 Å². The molecule has 1 fully saturated rings. The topological polar surface area (TPSA) is 71.0 Å². The number of hydrogen-bond donors (Lipinski definition) is 1. The maximum atomic E-state index is 13.8. The van der Waals surface area contributed by atoms with Gasteiger partial charge in [-0.15, -0.1) is 24.0 Å². The second kappa shape index (κ2) is 11.1. The minimum atomic E-state index is -3.72. The summed E-state index contributed by atoms with van der Waals surface area (Å²) >= 11 is 0. The van der Waals surface area contributed by atoms with E-state index in [0.29, 0.717) is 25.7 Å². The van der Waals surface area contributed by atoms with Crippen LogP contribution in [-0.4, -0.2) is 58.3 Å². The molecule has 1 unspecified atom stereocenters. The number of aliphatic imine (C=N–C) groups is 1. The average Bonchev–Trinajstić information content (AvgIpc) is 2.72. The number of guanidine groups is 1. The first kappa shape index (κ1) is 24.5. The van der Waals surface area contributed by atoms with Crippen molar-refractivity contribution < 1.29 is 17.5 Å². The molecule has 1 heterocycles. The van der Waals surface area contributed by atoms with Crippen LogP contribution in [0.2, 0.25) is 0 Å². The van der Waals surface area contributed by atoms with Gasteiger partial charge in [0.1, 0.15) is 16.8 Å². The zero-order valence-electron chi connectivity index (χ0n) is 17.0. The summed E-state index contributed by atoms with van der Waals surface area (Å²) in [6.45, 7) is 4.01. The Morgan fingerprint density at radius 1 is 1.23 bits per heavy atom. The molecule has 6 nitrogen and oxygen atoms in total. The Kier molecular flexibility index (Phi) is 9.05. The number of halogens is 2. The van der Waals surface area contributed by atoms with Crippen LogP contribution in [0.25, 0.3) is 0 Å². The molecule has 1 atom stereocenters. The van der Waals surface area contributed by atoms with Crippen molar-refractivity contribution in [2.24, 2.45) is 4.99 Å². The highest BCUT2D eigenvalue weighted by Gasteiger charge is 2.25. The largest absolute Gasteiger partial charge is 0.370 e. The number of benzene rings is 2. The van der Waals surface area contributed by atoms with Gasteiger partial charge in [0.05, 0.1) is 18.9 Å². The Hall–Kier alpha value is -1.72. The van der Waals surface area contributed by atoms with E-state index in [1.165, 1.54) is 23.8 Å². The normalized spacial score (nSPS) is 17.4. The maximum Gasteiger partial charge on any atom is 0.193 e. The minimum absolute atomic E-state index is 0. The van der Waals surface area contributed by atoms with E-state index in [1.54, 1.807) is 7.05 Å². The lowest BCUT2D eigenvalue weighted by Crippen LogP contribution is -2.49. The summed E-state index contributed by atoms with van der Waals surface area (Å²) in [5.74, 6) is -0.347. The van der Waals surface area contributed by atoms with Crippen LogP contribution in [0.3, 0.4) is 0 Å². The fourth-order valence-corrected chi connectivity index (χ4v) is 4.66. The standard InChI is InChI=1S/C21H26FN3O3S.HI/c1-16-7-3-4-8-17(16)19-15-25(12-13-28-19)21(23-2)24-11-14-29(26,27)20-10-6-5-9-18(20)22;/h3-10,19H,11-15H2,1-2H3,(H,23,24);1H. The van der Waals surface area contributed by atoms with Crippen LogP contribution in [0.5, 0.6) is 0 Å². The molecule has 2 aromatic carbocycles. The molecule has 1 saturated heterocycles. The van der Waals surface area contributed by atoms with Crippen molar-refractivity contribution in [2.75, 3.05) is 39.0 Å². The Morgan fingerprint density at radius 2 is 1.93 bits per heavy atom. The van der Waals surface area contributed by atoms with Crippen LogP contribution in [-0.2, 0) is 14.6 Å². The third kappa shape index (κ3) is 5.92. The molecule has 1 aliphatic rings. The fraction of sp³-hybridized carbons (Fsp3) is 0.381. The monoisotopic (exact) mass is 547 g/mol. The summed E-state index contributed by atoms with van der Waals surface area (Å²) in [4.78, 5) is 6.06. The minimum Gasteiger partial charge on any atom is -0.370 e. The molecule has 0 amide bonds. The second-order valence-electron chi connectivity index (χ2n) is 6.89. The molecule has 2 aromatic rings. The lowest BCUT2D eigenvalue weighted by Gasteiger charge is -2.35. The zero-order chi connectivity index (χ0) is 20.9. The molecule has 164 valence electrons. The van der Waals surface area contributed by atoms with Gasteiger partial charge in [0.25, 0.3) is 0 Å². The molecule has 9 heteroatoms. The molecular formula is C21H27FIN3O3S. The van der Waals surface area contributed by atoms with Gasteiger partial charge in [0, 0.05) is 20.1 Å². The van der Waals surface area contributed by atoms with E-state index in [9.17, 15) is 12.8 Å². The van der Waals surface area contributed by atoms with Crippen molar-refractivity contribution in [1.82, 2.24) is 10.2 Å². The van der Waals surface area contributed by atoms with Crippen LogP contribution in [0, 0.1) is 12.7 Å². The van der Waals surface area contributed by atoms with Crippen LogP contribution in [0.15, 0.2) is 58.4 Å². The lowest BCUT2D eigenvalue weighted by molar-refractivity contribution is -0.00827. The molecule has 3 rings (SSSR count). The molecular weight excluding hydrogens is 520 g/mol. The Balaban J connectivity index is 0.00000320. The highest BCUT2D eigenvalue weighted by Crippen LogP contribution is 2.25. The number of nitrogens with zero attached hydrogens (tertiary/aromatic N) is 2. The summed E-state index contributed by atoms with van der Waals surface area (Å²) in [6.07, 6.45) is -0.0781. The van der Waals surface area contributed by atoms with Gasteiger partial charge in [-0.3, -0.25) is 4.99 Å². The zero-order valence-corrected chi connectivity index (χ0v) is 20.2. The van der Waals surface area contributed by atoms with Gasteiger partial charge >= 0.3 is 0 Å². The van der Waals surface area contributed by atoms with E-state index < -0.39 is 15.7 Å². The van der Waals surface area contributed by atoms with E-state index in [0.717, 1.165) is 11.6 Å². The van der Waals surface area contributed by atoms with Crippen molar-refractivity contribution in [2.45, 2.75) is 17.9 Å². The van der Waals surface area contributed by atoms with Gasteiger partial charge in [-0.2, -0.15) is 0 Å². The van der Waals surface area contributed by atoms with E-state index in [4.69, 9.17) is 4.74 Å². The van der Waals surface area contributed by atoms with Gasteiger partial charge in [-0.1, -0.05) is 36.4 Å². The van der Waals surface area contributed by atoms with E-state index in [1.807, 2.05) is 12.1 Å². The molecule has 0 aromatic heterocycles. The molecule has 0 aliphatic carbocycles. The van der Waals surface area contributed by atoms with Gasteiger partial charge in [0.15, 0.2) is 15.8 Å². The van der Waals surface area contributed by atoms with Crippen LogP contribution < -0.4 is 5.32 Å². The van der Waals surface area contributed by atoms with E-state index >= 15 is 0 Å². The number of rotatable bonds is 5. The summed E-state index contributed by atoms with van der Waals surface area (Å²) < 4.78 is 44.6. The van der Waals surface area contributed by atoms with E-state index in [2.05, 4.69) is 34.3 Å². The molecule has 1 aliphatic heterocycles. The van der Waals surface area contributed by atoms with Crippen LogP contribution >= 0.6 is 24.0 Å². The predicted octanol–water partition coefficient (Wildman–Crippen LogP) is 3.17. The molecule has 0 saturated carbocycles. The number of morpholine rings is 1. The molecule has 0 spiro atoms. The average molecular weight is 547 g/mol. The lowest BCUT2D eigenvalue weighted by atomic mass is 10.0. The smallest absolute Gasteiger partial charge is 0.193 e. The second-order valence-corrected chi connectivity index (χ2v) is 8.96.